The Morgan fingerprint density at radius 1 is 1.06 bits per heavy atom. The molecule has 0 radical (unpaired) electrons. The SMILES string of the molecule is Cc1ccc(C(C)Nc2ccc(Br)c(C)n2)cc1. The number of hydrogen-bond donors (Lipinski definition) is 1. The van der Waals surface area contributed by atoms with E-state index < -0.39 is 0 Å². The Balaban J connectivity index is 2.13. The molecular weight excluding hydrogens is 288 g/mol. The zero-order chi connectivity index (χ0) is 13.1. The summed E-state index contributed by atoms with van der Waals surface area (Å²) in [6, 6.07) is 12.8. The first-order valence-electron chi connectivity index (χ1n) is 6.02. The lowest BCUT2D eigenvalue weighted by Gasteiger charge is -2.15. The topological polar surface area (TPSA) is 24.9 Å². The Hall–Kier alpha value is -1.35. The molecule has 0 saturated heterocycles. The monoisotopic (exact) mass is 304 g/mol. The summed E-state index contributed by atoms with van der Waals surface area (Å²) in [7, 11) is 0. The van der Waals surface area contributed by atoms with Crippen molar-refractivity contribution in [1.29, 1.82) is 0 Å². The highest BCUT2D eigenvalue weighted by Gasteiger charge is 2.06. The van der Waals surface area contributed by atoms with Gasteiger partial charge in [0, 0.05) is 10.5 Å². The average molecular weight is 305 g/mol. The number of rotatable bonds is 3. The van der Waals surface area contributed by atoms with Crippen molar-refractivity contribution >= 4 is 21.7 Å². The fraction of sp³-hybridized carbons (Fsp3) is 0.267. The van der Waals surface area contributed by atoms with Crippen molar-refractivity contribution in [3.63, 3.8) is 0 Å². The van der Waals surface area contributed by atoms with E-state index in [1.54, 1.807) is 0 Å². The van der Waals surface area contributed by atoms with E-state index in [1.807, 2.05) is 19.1 Å². The van der Waals surface area contributed by atoms with Crippen LogP contribution in [0, 0.1) is 13.8 Å². The van der Waals surface area contributed by atoms with Gasteiger partial charge in [-0.3, -0.25) is 0 Å². The molecule has 3 heteroatoms. The molecule has 1 heterocycles. The van der Waals surface area contributed by atoms with Crippen LogP contribution in [-0.4, -0.2) is 4.98 Å². The van der Waals surface area contributed by atoms with Gasteiger partial charge in [-0.1, -0.05) is 29.8 Å². The van der Waals surface area contributed by atoms with Crippen LogP contribution in [0.1, 0.15) is 29.8 Å². The summed E-state index contributed by atoms with van der Waals surface area (Å²) in [5.41, 5.74) is 3.54. The van der Waals surface area contributed by atoms with Gasteiger partial charge in [0.15, 0.2) is 0 Å². The maximum Gasteiger partial charge on any atom is 0.126 e. The first-order chi connectivity index (χ1) is 8.56. The molecule has 2 aromatic rings. The molecule has 94 valence electrons. The summed E-state index contributed by atoms with van der Waals surface area (Å²) in [6.45, 7) is 6.23. The van der Waals surface area contributed by atoms with Crippen LogP contribution in [-0.2, 0) is 0 Å². The van der Waals surface area contributed by atoms with Crippen molar-refractivity contribution in [1.82, 2.24) is 4.98 Å². The Bertz CT molecular complexity index is 535. The van der Waals surface area contributed by atoms with Gasteiger partial charge in [0.25, 0.3) is 0 Å². The standard InChI is InChI=1S/C15H17BrN2/c1-10-4-6-13(7-5-10)11(2)17-15-9-8-14(16)12(3)18-15/h4-9,11H,1-3H3,(H,17,18). The van der Waals surface area contributed by atoms with Crippen molar-refractivity contribution in [2.75, 3.05) is 5.32 Å². The maximum absolute atomic E-state index is 4.50. The predicted molar refractivity (Wildman–Crippen MR) is 79.9 cm³/mol. The summed E-state index contributed by atoms with van der Waals surface area (Å²) in [6.07, 6.45) is 0. The molecule has 0 aliphatic rings. The summed E-state index contributed by atoms with van der Waals surface area (Å²) in [5, 5.41) is 3.41. The van der Waals surface area contributed by atoms with Gasteiger partial charge in [0.2, 0.25) is 0 Å². The molecule has 0 bridgehead atoms. The Kier molecular flexibility index (Phi) is 4.02. The number of aromatic nitrogens is 1. The molecule has 1 unspecified atom stereocenters. The zero-order valence-electron chi connectivity index (χ0n) is 10.9. The van der Waals surface area contributed by atoms with E-state index in [2.05, 4.69) is 64.3 Å². The number of aryl methyl sites for hydroxylation is 2. The second-order valence-electron chi connectivity index (χ2n) is 4.54. The van der Waals surface area contributed by atoms with Crippen molar-refractivity contribution in [3.05, 3.63) is 57.7 Å². The molecule has 1 aromatic carbocycles. The van der Waals surface area contributed by atoms with Gasteiger partial charge in [-0.25, -0.2) is 4.98 Å². The Morgan fingerprint density at radius 3 is 2.33 bits per heavy atom. The molecule has 0 saturated carbocycles. The average Bonchev–Trinajstić information content (AvgIpc) is 2.34. The van der Waals surface area contributed by atoms with Crippen molar-refractivity contribution in [3.8, 4) is 0 Å². The third-order valence-electron chi connectivity index (χ3n) is 2.96. The molecule has 0 amide bonds. The molecule has 2 nitrogen and oxygen atoms in total. The van der Waals surface area contributed by atoms with Gasteiger partial charge in [0.1, 0.15) is 5.82 Å². The molecule has 18 heavy (non-hydrogen) atoms. The number of halogens is 1. The van der Waals surface area contributed by atoms with Crippen LogP contribution in [0.15, 0.2) is 40.9 Å². The van der Waals surface area contributed by atoms with Crippen LogP contribution in [0.3, 0.4) is 0 Å². The summed E-state index contributed by atoms with van der Waals surface area (Å²) < 4.78 is 1.04. The van der Waals surface area contributed by atoms with Crippen molar-refractivity contribution < 1.29 is 0 Å². The number of nitrogens with one attached hydrogen (secondary N) is 1. The molecule has 0 fully saturated rings. The van der Waals surface area contributed by atoms with E-state index in [4.69, 9.17) is 0 Å². The number of hydrogen-bond acceptors (Lipinski definition) is 2. The van der Waals surface area contributed by atoms with E-state index >= 15 is 0 Å². The molecule has 0 aliphatic carbocycles. The second-order valence-corrected chi connectivity index (χ2v) is 5.39. The van der Waals surface area contributed by atoms with E-state index in [0.29, 0.717) is 0 Å². The van der Waals surface area contributed by atoms with Crippen molar-refractivity contribution in [2.24, 2.45) is 0 Å². The summed E-state index contributed by atoms with van der Waals surface area (Å²) in [4.78, 5) is 4.50. The largest absolute Gasteiger partial charge is 0.364 e. The minimum absolute atomic E-state index is 0.249. The van der Waals surface area contributed by atoms with Crippen LogP contribution in [0.4, 0.5) is 5.82 Å². The van der Waals surface area contributed by atoms with Crippen molar-refractivity contribution in [2.45, 2.75) is 26.8 Å². The minimum Gasteiger partial charge on any atom is -0.364 e. The predicted octanol–water partition coefficient (Wildman–Crippen LogP) is 4.63. The van der Waals surface area contributed by atoms with E-state index in [9.17, 15) is 0 Å². The van der Waals surface area contributed by atoms with E-state index in [0.717, 1.165) is 16.0 Å². The number of anilines is 1. The van der Waals surface area contributed by atoms with Crippen LogP contribution in [0.25, 0.3) is 0 Å². The lowest BCUT2D eigenvalue weighted by atomic mass is 10.1. The lowest BCUT2D eigenvalue weighted by Crippen LogP contribution is -2.08. The Morgan fingerprint density at radius 2 is 1.72 bits per heavy atom. The lowest BCUT2D eigenvalue weighted by molar-refractivity contribution is 0.871. The molecule has 1 atom stereocenters. The fourth-order valence-corrected chi connectivity index (χ4v) is 2.01. The maximum atomic E-state index is 4.50. The third-order valence-corrected chi connectivity index (χ3v) is 3.80. The number of pyridine rings is 1. The Labute approximate surface area is 117 Å². The first-order valence-corrected chi connectivity index (χ1v) is 6.82. The van der Waals surface area contributed by atoms with Gasteiger partial charge < -0.3 is 5.32 Å². The zero-order valence-corrected chi connectivity index (χ0v) is 12.5. The van der Waals surface area contributed by atoms with Gasteiger partial charge in [-0.05, 0) is 54.4 Å². The van der Waals surface area contributed by atoms with E-state index in [1.165, 1.54) is 11.1 Å². The number of nitrogens with zero attached hydrogens (tertiary/aromatic N) is 1. The van der Waals surface area contributed by atoms with Gasteiger partial charge in [-0.15, -0.1) is 0 Å². The quantitative estimate of drug-likeness (QED) is 0.894. The van der Waals surface area contributed by atoms with Crippen LogP contribution >= 0.6 is 15.9 Å². The molecule has 1 aromatic heterocycles. The smallest absolute Gasteiger partial charge is 0.126 e. The summed E-state index contributed by atoms with van der Waals surface area (Å²) in [5.74, 6) is 0.906. The normalized spacial score (nSPS) is 12.2. The van der Waals surface area contributed by atoms with Crippen LogP contribution < -0.4 is 5.32 Å². The fourth-order valence-electron chi connectivity index (χ4n) is 1.78. The van der Waals surface area contributed by atoms with Gasteiger partial charge >= 0.3 is 0 Å². The van der Waals surface area contributed by atoms with Gasteiger partial charge in [0.05, 0.1) is 5.69 Å². The number of benzene rings is 1. The third kappa shape index (κ3) is 3.10. The highest BCUT2D eigenvalue weighted by Crippen LogP contribution is 2.21. The van der Waals surface area contributed by atoms with Crippen LogP contribution in [0.5, 0.6) is 0 Å². The highest BCUT2D eigenvalue weighted by molar-refractivity contribution is 9.10. The summed E-state index contributed by atoms with van der Waals surface area (Å²) >= 11 is 3.46. The first kappa shape index (κ1) is 13.1. The van der Waals surface area contributed by atoms with Crippen LogP contribution in [0.2, 0.25) is 0 Å². The van der Waals surface area contributed by atoms with E-state index in [-0.39, 0.29) is 6.04 Å². The van der Waals surface area contributed by atoms with Gasteiger partial charge in [-0.2, -0.15) is 0 Å². The molecule has 0 aliphatic heterocycles. The molecule has 1 N–H and O–H groups in total. The molecular formula is C15H17BrN2. The second kappa shape index (κ2) is 5.53. The molecule has 2 rings (SSSR count). The molecule has 0 spiro atoms. The minimum atomic E-state index is 0.249. The highest BCUT2D eigenvalue weighted by atomic mass is 79.9.